The number of nitrogens with zero attached hydrogens (tertiary/aromatic N) is 1. The summed E-state index contributed by atoms with van der Waals surface area (Å²) in [5, 5.41) is 3.49. The summed E-state index contributed by atoms with van der Waals surface area (Å²) in [5.41, 5.74) is 0. The number of hydrogen-bond donors (Lipinski definition) is 1. The molecule has 0 saturated carbocycles. The Hall–Kier alpha value is -0.610. The van der Waals surface area contributed by atoms with Crippen molar-refractivity contribution in [1.29, 1.82) is 0 Å². The molecule has 0 spiro atoms. The van der Waals surface area contributed by atoms with Crippen LogP contribution in [0.5, 0.6) is 0 Å². The van der Waals surface area contributed by atoms with Gasteiger partial charge in [-0.1, -0.05) is 13.8 Å². The summed E-state index contributed by atoms with van der Waals surface area (Å²) in [6.45, 7) is 8.38. The van der Waals surface area contributed by atoms with Crippen LogP contribution in [-0.2, 0) is 9.53 Å². The third-order valence-corrected chi connectivity index (χ3v) is 3.00. The second-order valence-corrected chi connectivity index (χ2v) is 5.06. The summed E-state index contributed by atoms with van der Waals surface area (Å²) in [5.74, 6) is 0.760. The first kappa shape index (κ1) is 13.5. The van der Waals surface area contributed by atoms with Gasteiger partial charge >= 0.3 is 0 Å². The minimum Gasteiger partial charge on any atom is -0.375 e. The second kappa shape index (κ2) is 6.21. The number of rotatable bonds is 4. The fourth-order valence-electron chi connectivity index (χ4n) is 2.21. The number of amides is 1. The van der Waals surface area contributed by atoms with E-state index in [2.05, 4.69) is 26.1 Å². The molecule has 1 amide bonds. The Bertz CT molecular complexity index is 231. The summed E-state index contributed by atoms with van der Waals surface area (Å²) in [6.07, 6.45) is 1.11. The van der Waals surface area contributed by atoms with E-state index in [1.807, 2.05) is 4.90 Å². The molecule has 0 aromatic heterocycles. The Kier molecular flexibility index (Phi) is 5.22. The average molecular weight is 228 g/mol. The fourth-order valence-corrected chi connectivity index (χ4v) is 2.21. The van der Waals surface area contributed by atoms with E-state index in [9.17, 15) is 4.79 Å². The van der Waals surface area contributed by atoms with E-state index in [4.69, 9.17) is 4.74 Å². The maximum atomic E-state index is 11.8. The molecule has 0 radical (unpaired) electrons. The van der Waals surface area contributed by atoms with Crippen molar-refractivity contribution >= 4 is 5.91 Å². The highest BCUT2D eigenvalue weighted by Crippen LogP contribution is 2.13. The molecule has 0 bridgehead atoms. The lowest BCUT2D eigenvalue weighted by molar-refractivity contribution is -0.138. The van der Waals surface area contributed by atoms with Crippen LogP contribution < -0.4 is 5.32 Å². The Balaban J connectivity index is 2.51. The minimum absolute atomic E-state index is 0.102. The maximum Gasteiger partial charge on any atom is 0.248 e. The van der Waals surface area contributed by atoms with Crippen molar-refractivity contribution in [1.82, 2.24) is 10.2 Å². The predicted molar refractivity (Wildman–Crippen MR) is 64.3 cm³/mol. The Morgan fingerprint density at radius 2 is 2.25 bits per heavy atom. The molecule has 4 nitrogen and oxygen atoms in total. The highest BCUT2D eigenvalue weighted by Gasteiger charge is 2.28. The molecule has 1 heterocycles. The van der Waals surface area contributed by atoms with Crippen molar-refractivity contribution in [3.8, 4) is 0 Å². The lowest BCUT2D eigenvalue weighted by atomic mass is 10.00. The number of hydrogen-bond acceptors (Lipinski definition) is 3. The molecule has 1 aliphatic rings. The van der Waals surface area contributed by atoms with Crippen LogP contribution in [0.3, 0.4) is 0 Å². The van der Waals surface area contributed by atoms with Crippen LogP contribution in [0.2, 0.25) is 0 Å². The molecule has 1 fully saturated rings. The highest BCUT2D eigenvalue weighted by atomic mass is 16.5. The summed E-state index contributed by atoms with van der Waals surface area (Å²) in [4.78, 5) is 13.8. The van der Waals surface area contributed by atoms with Crippen molar-refractivity contribution in [2.75, 3.05) is 26.8 Å². The zero-order valence-corrected chi connectivity index (χ0v) is 10.8. The van der Waals surface area contributed by atoms with Crippen molar-refractivity contribution in [2.24, 2.45) is 5.92 Å². The van der Waals surface area contributed by atoms with Crippen LogP contribution in [0.1, 0.15) is 27.2 Å². The Labute approximate surface area is 98.3 Å². The van der Waals surface area contributed by atoms with Crippen molar-refractivity contribution in [3.05, 3.63) is 0 Å². The SMILES string of the molecule is COCC(=O)N1CC(CC(C)C)NCC1C. The van der Waals surface area contributed by atoms with Crippen molar-refractivity contribution in [2.45, 2.75) is 39.3 Å². The summed E-state index contributed by atoms with van der Waals surface area (Å²) in [6, 6.07) is 0.697. The quantitative estimate of drug-likeness (QED) is 0.776. The van der Waals surface area contributed by atoms with E-state index < -0.39 is 0 Å². The number of methoxy groups -OCH3 is 1. The number of carbonyl (C=O) groups is 1. The van der Waals surface area contributed by atoms with Gasteiger partial charge in [-0.15, -0.1) is 0 Å². The second-order valence-electron chi connectivity index (χ2n) is 5.06. The average Bonchev–Trinajstić information content (AvgIpc) is 2.20. The topological polar surface area (TPSA) is 41.6 Å². The number of carbonyl (C=O) groups excluding carboxylic acids is 1. The number of piperazine rings is 1. The summed E-state index contributed by atoms with van der Waals surface area (Å²) >= 11 is 0. The predicted octanol–water partition coefficient (Wildman–Crippen LogP) is 0.868. The molecule has 2 unspecified atom stereocenters. The van der Waals surface area contributed by atoms with Crippen LogP contribution >= 0.6 is 0 Å². The van der Waals surface area contributed by atoms with E-state index in [0.29, 0.717) is 12.0 Å². The molecule has 1 aliphatic heterocycles. The molecule has 2 atom stereocenters. The number of nitrogens with one attached hydrogen (secondary N) is 1. The normalized spacial score (nSPS) is 26.2. The monoisotopic (exact) mass is 228 g/mol. The zero-order chi connectivity index (χ0) is 12.1. The van der Waals surface area contributed by atoms with E-state index in [1.165, 1.54) is 0 Å². The Morgan fingerprint density at radius 3 is 2.81 bits per heavy atom. The molecule has 4 heteroatoms. The molecular weight excluding hydrogens is 204 g/mol. The molecule has 1 rings (SSSR count). The third kappa shape index (κ3) is 3.76. The van der Waals surface area contributed by atoms with Crippen LogP contribution in [0.25, 0.3) is 0 Å². The first-order valence-corrected chi connectivity index (χ1v) is 6.06. The van der Waals surface area contributed by atoms with Gasteiger partial charge in [-0.05, 0) is 19.3 Å². The van der Waals surface area contributed by atoms with E-state index in [-0.39, 0.29) is 18.6 Å². The van der Waals surface area contributed by atoms with E-state index in [1.54, 1.807) is 7.11 Å². The first-order chi connectivity index (χ1) is 7.54. The number of ether oxygens (including phenoxy) is 1. The molecule has 1 N–H and O–H groups in total. The van der Waals surface area contributed by atoms with Gasteiger partial charge in [-0.2, -0.15) is 0 Å². The van der Waals surface area contributed by atoms with Gasteiger partial charge in [0.2, 0.25) is 5.91 Å². The van der Waals surface area contributed by atoms with Gasteiger partial charge in [0.05, 0.1) is 0 Å². The molecule has 0 aliphatic carbocycles. The molecule has 1 saturated heterocycles. The van der Waals surface area contributed by atoms with Gasteiger partial charge < -0.3 is 15.0 Å². The zero-order valence-electron chi connectivity index (χ0n) is 10.8. The highest BCUT2D eigenvalue weighted by molar-refractivity contribution is 5.78. The largest absolute Gasteiger partial charge is 0.375 e. The first-order valence-electron chi connectivity index (χ1n) is 6.06. The lowest BCUT2D eigenvalue weighted by Crippen LogP contribution is -2.58. The van der Waals surface area contributed by atoms with Gasteiger partial charge in [-0.25, -0.2) is 0 Å². The molecule has 94 valence electrons. The maximum absolute atomic E-state index is 11.8. The molecular formula is C12H24N2O2. The van der Waals surface area contributed by atoms with Crippen LogP contribution in [-0.4, -0.2) is 49.7 Å². The van der Waals surface area contributed by atoms with Gasteiger partial charge in [0.25, 0.3) is 0 Å². The summed E-state index contributed by atoms with van der Waals surface area (Å²) < 4.78 is 4.91. The third-order valence-electron chi connectivity index (χ3n) is 3.00. The molecule has 0 aromatic carbocycles. The van der Waals surface area contributed by atoms with Crippen molar-refractivity contribution < 1.29 is 9.53 Å². The van der Waals surface area contributed by atoms with Gasteiger partial charge in [-0.3, -0.25) is 4.79 Å². The van der Waals surface area contributed by atoms with Crippen LogP contribution in [0, 0.1) is 5.92 Å². The van der Waals surface area contributed by atoms with Gasteiger partial charge in [0.15, 0.2) is 0 Å². The molecule has 16 heavy (non-hydrogen) atoms. The minimum atomic E-state index is 0.102. The Morgan fingerprint density at radius 1 is 1.56 bits per heavy atom. The van der Waals surface area contributed by atoms with Gasteiger partial charge in [0.1, 0.15) is 6.61 Å². The fraction of sp³-hybridized carbons (Fsp3) is 0.917. The standard InChI is InChI=1S/C12H24N2O2/c1-9(2)5-11-7-14(10(3)6-13-11)12(15)8-16-4/h9-11,13H,5-8H2,1-4H3. The van der Waals surface area contributed by atoms with Gasteiger partial charge in [0, 0.05) is 32.3 Å². The van der Waals surface area contributed by atoms with E-state index >= 15 is 0 Å². The smallest absolute Gasteiger partial charge is 0.248 e. The van der Waals surface area contributed by atoms with Crippen molar-refractivity contribution in [3.63, 3.8) is 0 Å². The van der Waals surface area contributed by atoms with Crippen LogP contribution in [0.15, 0.2) is 0 Å². The van der Waals surface area contributed by atoms with Crippen LogP contribution in [0.4, 0.5) is 0 Å². The lowest BCUT2D eigenvalue weighted by Gasteiger charge is -2.39. The summed E-state index contributed by atoms with van der Waals surface area (Å²) in [7, 11) is 1.57. The van der Waals surface area contributed by atoms with E-state index in [0.717, 1.165) is 19.5 Å². The molecule has 0 aromatic rings.